The molecule has 1 fully saturated rings. The molecule has 0 spiro atoms. The fourth-order valence-electron chi connectivity index (χ4n) is 4.70. The molecule has 37 heavy (non-hydrogen) atoms. The van der Waals surface area contributed by atoms with Crippen molar-refractivity contribution >= 4 is 32.8 Å². The highest BCUT2D eigenvalue weighted by Crippen LogP contribution is 2.32. The quantitative estimate of drug-likeness (QED) is 0.407. The number of aromatic nitrogens is 5. The van der Waals surface area contributed by atoms with E-state index in [0.29, 0.717) is 67.1 Å². The molecule has 0 amide bonds. The molecular formula is C24H23ClN6O5S. The number of nitrogens with zero attached hydrogens (tertiary/aromatic N) is 5. The molecule has 2 aliphatic rings. The third-order valence-electron chi connectivity index (χ3n) is 6.54. The molecule has 192 valence electrons. The average molecular weight is 543 g/mol. The van der Waals surface area contributed by atoms with Gasteiger partial charge in [0.25, 0.3) is 5.56 Å². The summed E-state index contributed by atoms with van der Waals surface area (Å²) in [5, 5.41) is 8.52. The summed E-state index contributed by atoms with van der Waals surface area (Å²) >= 11 is 6.02. The Hall–Kier alpha value is -3.48. The second-order valence-corrected chi connectivity index (χ2v) is 11.4. The lowest BCUT2D eigenvalue weighted by Gasteiger charge is -2.31. The monoisotopic (exact) mass is 542 g/mol. The van der Waals surface area contributed by atoms with Crippen LogP contribution in [0.1, 0.15) is 30.1 Å². The maximum atomic E-state index is 13.2. The van der Waals surface area contributed by atoms with Crippen LogP contribution in [0.2, 0.25) is 5.02 Å². The van der Waals surface area contributed by atoms with Crippen molar-refractivity contribution in [2.45, 2.75) is 30.2 Å². The Bertz CT molecular complexity index is 1650. The molecule has 13 heteroatoms. The van der Waals surface area contributed by atoms with E-state index < -0.39 is 15.6 Å². The Labute approximate surface area is 217 Å². The summed E-state index contributed by atoms with van der Waals surface area (Å²) in [5.41, 5.74) is 0.934. The molecule has 11 nitrogen and oxygen atoms in total. The lowest BCUT2D eigenvalue weighted by Crippen LogP contribution is -2.39. The zero-order valence-electron chi connectivity index (χ0n) is 19.6. The van der Waals surface area contributed by atoms with Crippen molar-refractivity contribution in [2.75, 3.05) is 26.3 Å². The molecule has 1 atom stereocenters. The Morgan fingerprint density at radius 2 is 1.95 bits per heavy atom. The molecule has 4 heterocycles. The summed E-state index contributed by atoms with van der Waals surface area (Å²) in [6.07, 6.45) is 1.31. The SMILES string of the molecule is O=c1[nH]c(C2CCCN(S(=O)(=O)c3cccc(Cl)c3)C2)nc2c1nnn2Cc1ccc2c(c1)OCCO2. The molecule has 1 unspecified atom stereocenters. The number of fused-ring (bicyclic) bond motifs is 2. The third kappa shape index (κ3) is 4.56. The van der Waals surface area contributed by atoms with Crippen molar-refractivity contribution in [3.05, 3.63) is 69.2 Å². The van der Waals surface area contributed by atoms with Crippen molar-refractivity contribution in [1.29, 1.82) is 0 Å². The normalized spacial score (nSPS) is 18.2. The molecule has 2 aromatic carbocycles. The van der Waals surface area contributed by atoms with Gasteiger partial charge in [-0.25, -0.2) is 18.1 Å². The van der Waals surface area contributed by atoms with Gasteiger partial charge in [-0.3, -0.25) is 4.79 Å². The number of piperidine rings is 1. The number of benzene rings is 2. The number of sulfonamides is 1. The summed E-state index contributed by atoms with van der Waals surface area (Å²) in [6.45, 7) is 1.88. The van der Waals surface area contributed by atoms with Gasteiger partial charge >= 0.3 is 0 Å². The molecule has 1 saturated heterocycles. The van der Waals surface area contributed by atoms with Gasteiger partial charge in [-0.1, -0.05) is 28.9 Å². The van der Waals surface area contributed by atoms with Gasteiger partial charge in [0.2, 0.25) is 10.0 Å². The summed E-state index contributed by atoms with van der Waals surface area (Å²) in [5.74, 6) is 1.46. The minimum atomic E-state index is -3.75. The predicted octanol–water partition coefficient (Wildman–Crippen LogP) is 2.56. The van der Waals surface area contributed by atoms with Crippen LogP contribution >= 0.6 is 11.6 Å². The molecule has 0 aliphatic carbocycles. The van der Waals surface area contributed by atoms with E-state index in [-0.39, 0.29) is 22.9 Å². The Morgan fingerprint density at radius 3 is 2.78 bits per heavy atom. The van der Waals surface area contributed by atoms with Crippen LogP contribution in [0.3, 0.4) is 0 Å². The number of hydrogen-bond acceptors (Lipinski definition) is 8. The first-order chi connectivity index (χ1) is 17.9. The molecular weight excluding hydrogens is 520 g/mol. The highest BCUT2D eigenvalue weighted by molar-refractivity contribution is 7.89. The Balaban J connectivity index is 1.29. The van der Waals surface area contributed by atoms with Crippen molar-refractivity contribution < 1.29 is 17.9 Å². The first-order valence-electron chi connectivity index (χ1n) is 11.9. The topological polar surface area (TPSA) is 132 Å². The van der Waals surface area contributed by atoms with Crippen LogP contribution in [0.4, 0.5) is 0 Å². The smallest absolute Gasteiger partial charge is 0.281 e. The number of hydrogen-bond donors (Lipinski definition) is 1. The van der Waals surface area contributed by atoms with Crippen LogP contribution in [0.5, 0.6) is 11.5 Å². The van der Waals surface area contributed by atoms with E-state index in [9.17, 15) is 13.2 Å². The number of halogens is 1. The van der Waals surface area contributed by atoms with Gasteiger partial charge in [0.15, 0.2) is 22.7 Å². The lowest BCUT2D eigenvalue weighted by molar-refractivity contribution is 0.171. The summed E-state index contributed by atoms with van der Waals surface area (Å²) in [4.78, 5) is 20.5. The van der Waals surface area contributed by atoms with E-state index in [0.717, 1.165) is 5.56 Å². The second kappa shape index (κ2) is 9.43. The van der Waals surface area contributed by atoms with Crippen LogP contribution in [-0.4, -0.2) is 64.0 Å². The fraction of sp³-hybridized carbons (Fsp3) is 0.333. The van der Waals surface area contributed by atoms with Gasteiger partial charge in [-0.05, 0) is 48.7 Å². The van der Waals surface area contributed by atoms with Crippen molar-refractivity contribution in [3.8, 4) is 11.5 Å². The molecule has 1 N–H and O–H groups in total. The standard InChI is InChI=1S/C24H23ClN6O5S/c25-17-4-1-5-18(12-17)37(33,34)30-8-2-3-16(14-30)22-26-23-21(24(32)27-22)28-29-31(23)13-15-6-7-19-20(11-15)36-10-9-35-19/h1,4-7,11-12,16H,2-3,8-10,13-14H2,(H,26,27,32). The van der Waals surface area contributed by atoms with Crippen LogP contribution < -0.4 is 15.0 Å². The molecule has 4 aromatic rings. The fourth-order valence-corrected chi connectivity index (χ4v) is 6.53. The van der Waals surface area contributed by atoms with Gasteiger partial charge in [0, 0.05) is 24.0 Å². The number of rotatable bonds is 5. The van der Waals surface area contributed by atoms with Crippen LogP contribution in [0.25, 0.3) is 11.2 Å². The number of H-pyrrole nitrogens is 1. The van der Waals surface area contributed by atoms with Crippen molar-refractivity contribution in [3.63, 3.8) is 0 Å². The second-order valence-electron chi connectivity index (χ2n) is 9.01. The van der Waals surface area contributed by atoms with Crippen molar-refractivity contribution in [1.82, 2.24) is 29.3 Å². The van der Waals surface area contributed by atoms with E-state index in [1.807, 2.05) is 18.2 Å². The van der Waals surface area contributed by atoms with Gasteiger partial charge in [-0.15, -0.1) is 5.10 Å². The first-order valence-corrected chi connectivity index (χ1v) is 13.7. The highest BCUT2D eigenvalue weighted by atomic mass is 35.5. The minimum absolute atomic E-state index is 0.125. The zero-order valence-corrected chi connectivity index (χ0v) is 21.2. The maximum absolute atomic E-state index is 13.2. The first kappa shape index (κ1) is 23.9. The van der Waals surface area contributed by atoms with E-state index in [2.05, 4.69) is 15.3 Å². The third-order valence-corrected chi connectivity index (χ3v) is 8.63. The maximum Gasteiger partial charge on any atom is 0.281 e. The Kier molecular flexibility index (Phi) is 6.09. The van der Waals surface area contributed by atoms with E-state index >= 15 is 0 Å². The van der Waals surface area contributed by atoms with Crippen LogP contribution in [0, 0.1) is 0 Å². The molecule has 0 radical (unpaired) electrons. The van der Waals surface area contributed by atoms with Crippen molar-refractivity contribution in [2.24, 2.45) is 0 Å². The molecule has 0 bridgehead atoms. The summed E-state index contributed by atoms with van der Waals surface area (Å²) < 4.78 is 40.7. The summed E-state index contributed by atoms with van der Waals surface area (Å²) in [7, 11) is -3.75. The van der Waals surface area contributed by atoms with E-state index in [1.54, 1.807) is 16.8 Å². The van der Waals surface area contributed by atoms with Crippen LogP contribution in [0.15, 0.2) is 52.2 Å². The van der Waals surface area contributed by atoms with E-state index in [1.165, 1.54) is 16.4 Å². The highest BCUT2D eigenvalue weighted by Gasteiger charge is 2.32. The van der Waals surface area contributed by atoms with Gasteiger partial charge in [0.05, 0.1) is 11.4 Å². The predicted molar refractivity (Wildman–Crippen MR) is 135 cm³/mol. The number of ether oxygens (including phenoxy) is 2. The molecule has 2 aliphatic heterocycles. The van der Waals surface area contributed by atoms with Gasteiger partial charge in [0.1, 0.15) is 19.0 Å². The number of aromatic amines is 1. The lowest BCUT2D eigenvalue weighted by atomic mass is 9.99. The van der Waals surface area contributed by atoms with Crippen LogP contribution in [-0.2, 0) is 16.6 Å². The summed E-state index contributed by atoms with van der Waals surface area (Å²) in [6, 6.07) is 11.8. The average Bonchev–Trinajstić information content (AvgIpc) is 3.32. The van der Waals surface area contributed by atoms with Gasteiger partial charge < -0.3 is 14.5 Å². The molecule has 0 saturated carbocycles. The zero-order chi connectivity index (χ0) is 25.6. The Morgan fingerprint density at radius 1 is 1.11 bits per heavy atom. The van der Waals surface area contributed by atoms with E-state index in [4.69, 9.17) is 26.1 Å². The van der Waals surface area contributed by atoms with Gasteiger partial charge in [-0.2, -0.15) is 4.31 Å². The largest absolute Gasteiger partial charge is 0.486 e. The number of nitrogens with one attached hydrogen (secondary N) is 1. The molecule has 6 rings (SSSR count). The minimum Gasteiger partial charge on any atom is -0.486 e. The molecule has 2 aromatic heterocycles.